The van der Waals surface area contributed by atoms with Gasteiger partial charge < -0.3 is 24.3 Å². The van der Waals surface area contributed by atoms with Crippen LogP contribution in [0, 0.1) is 5.92 Å². The van der Waals surface area contributed by atoms with E-state index in [1.54, 1.807) is 0 Å². The van der Waals surface area contributed by atoms with E-state index in [1.807, 2.05) is 42.5 Å². The molecule has 0 radical (unpaired) electrons. The van der Waals surface area contributed by atoms with Gasteiger partial charge >= 0.3 is 0 Å². The molecule has 2 aromatic carbocycles. The maximum atomic E-state index is 12.7. The second kappa shape index (κ2) is 7.85. The van der Waals surface area contributed by atoms with Crippen molar-refractivity contribution in [3.05, 3.63) is 48.0 Å². The fourth-order valence-corrected chi connectivity index (χ4v) is 4.28. The number of hydrogen-bond donors (Lipinski definition) is 1. The molecular formula is C23H25NO5. The van der Waals surface area contributed by atoms with Crippen molar-refractivity contribution in [3.63, 3.8) is 0 Å². The number of fused-ring (bicyclic) bond motifs is 2. The van der Waals surface area contributed by atoms with Crippen molar-refractivity contribution in [2.75, 3.05) is 13.4 Å². The molecular weight excluding hydrogens is 370 g/mol. The summed E-state index contributed by atoms with van der Waals surface area (Å²) in [6.45, 7) is 0.715. The fourth-order valence-electron chi connectivity index (χ4n) is 4.28. The number of para-hydroxylation sites is 1. The number of rotatable bonds is 4. The zero-order valence-electron chi connectivity index (χ0n) is 16.3. The van der Waals surface area contributed by atoms with E-state index in [2.05, 4.69) is 5.32 Å². The normalized spacial score (nSPS) is 24.9. The summed E-state index contributed by atoms with van der Waals surface area (Å²) in [4.78, 5) is 12.7. The van der Waals surface area contributed by atoms with E-state index in [1.165, 1.54) is 0 Å². The minimum atomic E-state index is -0.118. The maximum absolute atomic E-state index is 12.7. The van der Waals surface area contributed by atoms with Gasteiger partial charge in [-0.15, -0.1) is 0 Å². The molecule has 0 saturated heterocycles. The minimum Gasteiger partial charge on any atom is -0.492 e. The summed E-state index contributed by atoms with van der Waals surface area (Å²) in [5.41, 5.74) is 1.11. The molecule has 6 nitrogen and oxygen atoms in total. The van der Waals surface area contributed by atoms with Gasteiger partial charge in [-0.05, 0) is 55.9 Å². The van der Waals surface area contributed by atoms with Crippen LogP contribution >= 0.6 is 0 Å². The standard InChI is InChI=1S/C23H25NO5/c25-23(16-11-15-3-1-2-4-20(15)26-13-16)24-17-5-7-18(8-6-17)29-19-9-10-21-22(12-19)28-14-27-21/h1-4,9-10,12,16-18H,5-8,11,13-14H2,(H,24,25). The number of carbonyl (C=O) groups is 1. The van der Waals surface area contributed by atoms with Gasteiger partial charge in [-0.1, -0.05) is 18.2 Å². The van der Waals surface area contributed by atoms with Gasteiger partial charge in [-0.3, -0.25) is 4.79 Å². The summed E-state index contributed by atoms with van der Waals surface area (Å²) in [5.74, 6) is 3.18. The monoisotopic (exact) mass is 395 g/mol. The smallest absolute Gasteiger partial charge is 0.231 e. The molecule has 1 fully saturated rings. The van der Waals surface area contributed by atoms with Crippen LogP contribution in [-0.2, 0) is 11.2 Å². The molecule has 2 aromatic rings. The van der Waals surface area contributed by atoms with Gasteiger partial charge in [0.15, 0.2) is 11.5 Å². The lowest BCUT2D eigenvalue weighted by Crippen LogP contribution is -2.45. The van der Waals surface area contributed by atoms with Crippen molar-refractivity contribution >= 4 is 5.91 Å². The number of benzene rings is 2. The van der Waals surface area contributed by atoms with Crippen LogP contribution in [0.25, 0.3) is 0 Å². The Balaban J connectivity index is 1.10. The molecule has 1 unspecified atom stereocenters. The lowest BCUT2D eigenvalue weighted by molar-refractivity contribution is -0.127. The van der Waals surface area contributed by atoms with Crippen molar-refractivity contribution in [1.29, 1.82) is 0 Å². The highest BCUT2D eigenvalue weighted by molar-refractivity contribution is 5.80. The highest BCUT2D eigenvalue weighted by Crippen LogP contribution is 2.36. The molecule has 6 heteroatoms. The van der Waals surface area contributed by atoms with Crippen LogP contribution in [0.4, 0.5) is 0 Å². The molecule has 0 spiro atoms. The van der Waals surface area contributed by atoms with E-state index in [0.717, 1.165) is 60.7 Å². The number of ether oxygens (including phenoxy) is 4. The van der Waals surface area contributed by atoms with Crippen LogP contribution in [0.1, 0.15) is 31.2 Å². The van der Waals surface area contributed by atoms with E-state index in [4.69, 9.17) is 18.9 Å². The Kier molecular flexibility index (Phi) is 4.92. The first-order valence-electron chi connectivity index (χ1n) is 10.3. The lowest BCUT2D eigenvalue weighted by Gasteiger charge is -2.31. The second-order valence-corrected chi connectivity index (χ2v) is 7.93. The average molecular weight is 395 g/mol. The van der Waals surface area contributed by atoms with Crippen LogP contribution in [0.5, 0.6) is 23.0 Å². The number of nitrogens with one attached hydrogen (secondary N) is 1. The van der Waals surface area contributed by atoms with E-state index in [9.17, 15) is 4.79 Å². The van der Waals surface area contributed by atoms with E-state index in [-0.39, 0.29) is 30.8 Å². The Labute approximate surface area is 170 Å². The van der Waals surface area contributed by atoms with Crippen molar-refractivity contribution < 1.29 is 23.7 Å². The Morgan fingerprint density at radius 3 is 2.66 bits per heavy atom. The van der Waals surface area contributed by atoms with Crippen molar-refractivity contribution in [1.82, 2.24) is 5.32 Å². The molecule has 3 aliphatic rings. The molecule has 152 valence electrons. The minimum absolute atomic E-state index is 0.0969. The number of carbonyl (C=O) groups excluding carboxylic acids is 1. The van der Waals surface area contributed by atoms with Crippen LogP contribution in [0.3, 0.4) is 0 Å². The zero-order chi connectivity index (χ0) is 19.6. The number of hydrogen-bond acceptors (Lipinski definition) is 5. The predicted octanol–water partition coefficient (Wildman–Crippen LogP) is 3.47. The molecule has 1 saturated carbocycles. The van der Waals surface area contributed by atoms with Crippen LogP contribution in [0.15, 0.2) is 42.5 Å². The third-order valence-corrected chi connectivity index (χ3v) is 5.92. The van der Waals surface area contributed by atoms with Gasteiger partial charge in [-0.25, -0.2) is 0 Å². The molecule has 5 rings (SSSR count). The van der Waals surface area contributed by atoms with E-state index in [0.29, 0.717) is 6.61 Å². The highest BCUT2D eigenvalue weighted by Gasteiger charge is 2.29. The van der Waals surface area contributed by atoms with Crippen molar-refractivity contribution in [2.24, 2.45) is 5.92 Å². The topological polar surface area (TPSA) is 66.0 Å². The van der Waals surface area contributed by atoms with Crippen LogP contribution in [-0.4, -0.2) is 31.5 Å². The van der Waals surface area contributed by atoms with Gasteiger partial charge in [0.25, 0.3) is 0 Å². The van der Waals surface area contributed by atoms with Crippen LogP contribution < -0.4 is 24.3 Å². The quantitative estimate of drug-likeness (QED) is 0.859. The summed E-state index contributed by atoms with van der Waals surface area (Å²) in [5, 5.41) is 3.23. The molecule has 2 aliphatic heterocycles. The molecule has 0 aromatic heterocycles. The van der Waals surface area contributed by atoms with E-state index >= 15 is 0 Å². The van der Waals surface area contributed by atoms with Gasteiger partial charge in [0.2, 0.25) is 12.7 Å². The third kappa shape index (κ3) is 3.97. The molecule has 0 bridgehead atoms. The molecule has 29 heavy (non-hydrogen) atoms. The summed E-state index contributed by atoms with van der Waals surface area (Å²) in [7, 11) is 0. The fraction of sp³-hybridized carbons (Fsp3) is 0.435. The third-order valence-electron chi connectivity index (χ3n) is 5.92. The zero-order valence-corrected chi connectivity index (χ0v) is 16.3. The Bertz CT molecular complexity index is 891. The molecule has 1 atom stereocenters. The summed E-state index contributed by atoms with van der Waals surface area (Å²) < 4.78 is 22.6. The van der Waals surface area contributed by atoms with Crippen molar-refractivity contribution in [2.45, 2.75) is 44.2 Å². The van der Waals surface area contributed by atoms with Gasteiger partial charge in [0.1, 0.15) is 18.1 Å². The first-order chi connectivity index (χ1) is 14.2. The summed E-state index contributed by atoms with van der Waals surface area (Å²) >= 11 is 0. The van der Waals surface area contributed by atoms with Gasteiger partial charge in [0.05, 0.1) is 12.0 Å². The average Bonchev–Trinajstić information content (AvgIpc) is 3.23. The molecule has 1 aliphatic carbocycles. The second-order valence-electron chi connectivity index (χ2n) is 7.93. The Morgan fingerprint density at radius 1 is 0.931 bits per heavy atom. The first-order valence-corrected chi connectivity index (χ1v) is 10.3. The Morgan fingerprint density at radius 2 is 1.76 bits per heavy atom. The highest BCUT2D eigenvalue weighted by atomic mass is 16.7. The molecule has 2 heterocycles. The number of amides is 1. The van der Waals surface area contributed by atoms with E-state index < -0.39 is 0 Å². The largest absolute Gasteiger partial charge is 0.492 e. The molecule has 1 amide bonds. The van der Waals surface area contributed by atoms with Gasteiger partial charge in [0, 0.05) is 12.1 Å². The summed E-state index contributed by atoms with van der Waals surface area (Å²) in [6, 6.07) is 13.8. The van der Waals surface area contributed by atoms with Crippen LogP contribution in [0.2, 0.25) is 0 Å². The lowest BCUT2D eigenvalue weighted by atomic mass is 9.91. The first kappa shape index (κ1) is 18.2. The van der Waals surface area contributed by atoms with Gasteiger partial charge in [-0.2, -0.15) is 0 Å². The predicted molar refractivity (Wildman–Crippen MR) is 107 cm³/mol. The SMILES string of the molecule is O=C(NC1CCC(Oc2ccc3c(c2)OCO3)CC1)C1COc2ccccc2C1. The molecule has 1 N–H and O–H groups in total. The van der Waals surface area contributed by atoms with Crippen molar-refractivity contribution in [3.8, 4) is 23.0 Å². The summed E-state index contributed by atoms with van der Waals surface area (Å²) in [6.07, 6.45) is 4.58. The maximum Gasteiger partial charge on any atom is 0.231 e. The Hall–Kier alpha value is -2.89.